The van der Waals surface area contributed by atoms with Crippen LogP contribution in [0.15, 0.2) is 18.2 Å². The third-order valence-electron chi connectivity index (χ3n) is 5.01. The molecule has 2 N–H and O–H groups in total. The topological polar surface area (TPSA) is 78.5 Å². The van der Waals surface area contributed by atoms with Crippen LogP contribution in [0.25, 0.3) is 0 Å². The molecule has 1 aliphatic heterocycles. The van der Waals surface area contributed by atoms with E-state index < -0.39 is 33.8 Å². The standard InChI is InChI=1S/C19H29ClFN3O3S2/c1-3-29(26,27)23-16(9-12-28-2)19(25)22-13-17(24-10-4-5-11-24)18-14(20)7-6-8-15(18)21/h6-8,16-17,23H,3-5,9-13H2,1-2H3,(H,22,25). The summed E-state index contributed by atoms with van der Waals surface area (Å²) in [5.41, 5.74) is 0.367. The molecule has 2 rings (SSSR count). The molecule has 0 bridgehead atoms. The summed E-state index contributed by atoms with van der Waals surface area (Å²) < 4.78 is 40.9. The Hall–Kier alpha value is -0.870. The Bertz CT molecular complexity index is 769. The van der Waals surface area contributed by atoms with E-state index in [2.05, 4.69) is 14.9 Å². The van der Waals surface area contributed by atoms with E-state index in [1.165, 1.54) is 24.8 Å². The third-order valence-corrected chi connectivity index (χ3v) is 7.39. The molecule has 6 nitrogen and oxygen atoms in total. The number of carbonyl (C=O) groups excluding carboxylic acids is 1. The van der Waals surface area contributed by atoms with Crippen molar-refractivity contribution in [2.45, 2.75) is 38.3 Å². The number of rotatable bonds is 11. The first-order chi connectivity index (χ1) is 13.8. The summed E-state index contributed by atoms with van der Waals surface area (Å²) in [5.74, 6) is -0.280. The van der Waals surface area contributed by atoms with Gasteiger partial charge in [-0.2, -0.15) is 11.8 Å². The Morgan fingerprint density at radius 2 is 2.03 bits per heavy atom. The smallest absolute Gasteiger partial charge is 0.238 e. The summed E-state index contributed by atoms with van der Waals surface area (Å²) in [5, 5.41) is 3.15. The predicted molar refractivity (Wildman–Crippen MR) is 117 cm³/mol. The van der Waals surface area contributed by atoms with Crippen molar-refractivity contribution in [3.63, 3.8) is 0 Å². The first-order valence-electron chi connectivity index (χ1n) is 9.73. The molecule has 2 atom stereocenters. The molecular weight excluding hydrogens is 437 g/mol. The van der Waals surface area contributed by atoms with Gasteiger partial charge in [-0.3, -0.25) is 9.69 Å². The van der Waals surface area contributed by atoms with E-state index in [9.17, 15) is 17.6 Å². The molecule has 1 amide bonds. The van der Waals surface area contributed by atoms with Crippen LogP contribution in [-0.2, 0) is 14.8 Å². The molecule has 1 aromatic rings. The second kappa shape index (κ2) is 11.5. The lowest BCUT2D eigenvalue weighted by Gasteiger charge is -2.30. The quantitative estimate of drug-likeness (QED) is 0.525. The number of nitrogens with zero attached hydrogens (tertiary/aromatic N) is 1. The molecular formula is C19H29ClFN3O3S2. The minimum Gasteiger partial charge on any atom is -0.353 e. The van der Waals surface area contributed by atoms with Crippen LogP contribution in [0.4, 0.5) is 4.39 Å². The van der Waals surface area contributed by atoms with Crippen LogP contribution >= 0.6 is 23.4 Å². The van der Waals surface area contributed by atoms with Gasteiger partial charge in [0.05, 0.1) is 11.8 Å². The van der Waals surface area contributed by atoms with Crippen molar-refractivity contribution < 1.29 is 17.6 Å². The predicted octanol–water partition coefficient (Wildman–Crippen LogP) is 2.79. The minimum absolute atomic E-state index is 0.0999. The average Bonchev–Trinajstić information content (AvgIpc) is 3.21. The Kier molecular flexibility index (Phi) is 9.68. The molecule has 1 heterocycles. The van der Waals surface area contributed by atoms with Crippen molar-refractivity contribution in [1.82, 2.24) is 14.9 Å². The highest BCUT2D eigenvalue weighted by molar-refractivity contribution is 7.98. The van der Waals surface area contributed by atoms with Crippen LogP contribution in [0.3, 0.4) is 0 Å². The molecule has 1 saturated heterocycles. The Balaban J connectivity index is 2.16. The SMILES string of the molecule is CCS(=O)(=O)NC(CCSC)C(=O)NCC(c1c(F)cccc1Cl)N1CCCC1. The van der Waals surface area contributed by atoms with Crippen molar-refractivity contribution >= 4 is 39.3 Å². The number of hydrogen-bond donors (Lipinski definition) is 2. The van der Waals surface area contributed by atoms with E-state index in [-0.39, 0.29) is 12.3 Å². The average molecular weight is 466 g/mol. The minimum atomic E-state index is -3.53. The molecule has 1 fully saturated rings. The van der Waals surface area contributed by atoms with Gasteiger partial charge in [-0.25, -0.2) is 17.5 Å². The van der Waals surface area contributed by atoms with Gasteiger partial charge in [0, 0.05) is 17.1 Å². The number of benzene rings is 1. The maximum absolute atomic E-state index is 14.6. The molecule has 0 radical (unpaired) electrons. The van der Waals surface area contributed by atoms with Gasteiger partial charge < -0.3 is 5.32 Å². The van der Waals surface area contributed by atoms with Crippen molar-refractivity contribution in [2.24, 2.45) is 0 Å². The summed E-state index contributed by atoms with van der Waals surface area (Å²) in [6.07, 6.45) is 4.28. The molecule has 10 heteroatoms. The van der Waals surface area contributed by atoms with Gasteiger partial charge in [-0.05, 0) is 63.4 Å². The van der Waals surface area contributed by atoms with Gasteiger partial charge >= 0.3 is 0 Å². The maximum Gasteiger partial charge on any atom is 0.238 e. The van der Waals surface area contributed by atoms with E-state index in [1.54, 1.807) is 12.1 Å². The van der Waals surface area contributed by atoms with E-state index in [4.69, 9.17) is 11.6 Å². The number of halogens is 2. The molecule has 0 aromatic heterocycles. The first-order valence-corrected chi connectivity index (χ1v) is 13.2. The largest absolute Gasteiger partial charge is 0.353 e. The second-order valence-electron chi connectivity index (χ2n) is 6.99. The summed E-state index contributed by atoms with van der Waals surface area (Å²) in [4.78, 5) is 14.9. The molecule has 0 saturated carbocycles. The van der Waals surface area contributed by atoms with E-state index >= 15 is 0 Å². The number of carbonyl (C=O) groups is 1. The highest BCUT2D eigenvalue weighted by atomic mass is 35.5. The third kappa shape index (κ3) is 7.10. The van der Waals surface area contributed by atoms with Gasteiger partial charge in [0.15, 0.2) is 0 Å². The van der Waals surface area contributed by atoms with Crippen LogP contribution < -0.4 is 10.0 Å². The lowest BCUT2D eigenvalue weighted by molar-refractivity contribution is -0.123. The van der Waals surface area contributed by atoms with Crippen molar-refractivity contribution in [2.75, 3.05) is 37.4 Å². The van der Waals surface area contributed by atoms with Gasteiger partial charge in [-0.1, -0.05) is 17.7 Å². The number of hydrogen-bond acceptors (Lipinski definition) is 5. The second-order valence-corrected chi connectivity index (χ2v) is 10.4. The van der Waals surface area contributed by atoms with Crippen molar-refractivity contribution in [3.05, 3.63) is 34.6 Å². The summed E-state index contributed by atoms with van der Waals surface area (Å²) >= 11 is 7.82. The van der Waals surface area contributed by atoms with E-state index in [0.717, 1.165) is 25.9 Å². The van der Waals surface area contributed by atoms with Crippen molar-refractivity contribution in [3.8, 4) is 0 Å². The Labute approximate surface area is 182 Å². The molecule has 1 aliphatic rings. The fourth-order valence-electron chi connectivity index (χ4n) is 3.40. The molecule has 1 aromatic carbocycles. The van der Waals surface area contributed by atoms with Gasteiger partial charge in [0.1, 0.15) is 11.9 Å². The molecule has 164 valence electrons. The van der Waals surface area contributed by atoms with Crippen LogP contribution in [0.1, 0.15) is 37.8 Å². The highest BCUT2D eigenvalue weighted by Gasteiger charge is 2.30. The number of nitrogens with one attached hydrogen (secondary N) is 2. The van der Waals surface area contributed by atoms with Crippen LogP contribution in [-0.4, -0.2) is 62.7 Å². The van der Waals surface area contributed by atoms with Gasteiger partial charge in [0.25, 0.3) is 0 Å². The molecule has 29 heavy (non-hydrogen) atoms. The normalized spacial score (nSPS) is 17.2. The Morgan fingerprint density at radius 3 is 2.62 bits per heavy atom. The number of likely N-dealkylation sites (tertiary alicyclic amines) is 1. The van der Waals surface area contributed by atoms with Crippen molar-refractivity contribution in [1.29, 1.82) is 0 Å². The van der Waals surface area contributed by atoms with Gasteiger partial charge in [-0.15, -0.1) is 0 Å². The highest BCUT2D eigenvalue weighted by Crippen LogP contribution is 2.32. The van der Waals surface area contributed by atoms with E-state index in [0.29, 0.717) is 22.8 Å². The summed E-state index contributed by atoms with van der Waals surface area (Å²) in [6, 6.07) is 3.30. The lowest BCUT2D eigenvalue weighted by atomic mass is 10.0. The Morgan fingerprint density at radius 1 is 1.34 bits per heavy atom. The summed E-state index contributed by atoms with van der Waals surface area (Å²) in [7, 11) is -3.53. The zero-order valence-electron chi connectivity index (χ0n) is 16.8. The van der Waals surface area contributed by atoms with Crippen LogP contribution in [0, 0.1) is 5.82 Å². The van der Waals surface area contributed by atoms with Crippen LogP contribution in [0.2, 0.25) is 5.02 Å². The zero-order chi connectivity index (χ0) is 21.4. The summed E-state index contributed by atoms with van der Waals surface area (Å²) in [6.45, 7) is 3.27. The zero-order valence-corrected chi connectivity index (χ0v) is 19.2. The molecule has 0 spiro atoms. The van der Waals surface area contributed by atoms with Crippen LogP contribution in [0.5, 0.6) is 0 Å². The first kappa shape index (κ1) is 24.4. The number of sulfonamides is 1. The van der Waals surface area contributed by atoms with E-state index in [1.807, 2.05) is 6.26 Å². The lowest BCUT2D eigenvalue weighted by Crippen LogP contribution is -2.49. The molecule has 0 aliphatic carbocycles. The maximum atomic E-state index is 14.6. The fourth-order valence-corrected chi connectivity index (χ4v) is 4.98. The molecule has 2 unspecified atom stereocenters. The number of thioether (sulfide) groups is 1. The number of amides is 1. The van der Waals surface area contributed by atoms with Gasteiger partial charge in [0.2, 0.25) is 15.9 Å². The fraction of sp³-hybridized carbons (Fsp3) is 0.632. The monoisotopic (exact) mass is 465 g/mol.